The lowest BCUT2D eigenvalue weighted by molar-refractivity contribution is -0.133. The molecule has 24 heavy (non-hydrogen) atoms. The first-order chi connectivity index (χ1) is 11.7. The largest absolute Gasteiger partial charge is 0.485 e. The van der Waals surface area contributed by atoms with Gasteiger partial charge in [-0.05, 0) is 49.1 Å². The third kappa shape index (κ3) is 2.71. The Morgan fingerprint density at radius 1 is 1.08 bits per heavy atom. The van der Waals surface area contributed by atoms with Crippen molar-refractivity contribution < 1.29 is 14.3 Å². The second-order valence-electron chi connectivity index (χ2n) is 6.30. The normalized spacial score (nSPS) is 20.8. The Balaban J connectivity index is 1.50. The highest BCUT2D eigenvalue weighted by molar-refractivity contribution is 6.30. The Labute approximate surface area is 145 Å². The molecule has 124 valence electrons. The molecule has 1 aliphatic carbocycles. The zero-order chi connectivity index (χ0) is 16.6. The average Bonchev–Trinajstić information content (AvgIpc) is 2.58. The van der Waals surface area contributed by atoms with Gasteiger partial charge in [-0.1, -0.05) is 35.9 Å². The molecule has 0 aromatic heterocycles. The van der Waals surface area contributed by atoms with Gasteiger partial charge in [-0.15, -0.1) is 0 Å². The number of para-hydroxylation sites is 2. The molecule has 5 heteroatoms. The minimum atomic E-state index is -0.635. The molecule has 1 unspecified atom stereocenters. The minimum absolute atomic E-state index is 0.140. The molecule has 0 spiro atoms. The maximum Gasteiger partial charge on any atom is 0.265 e. The van der Waals surface area contributed by atoms with Crippen LogP contribution in [0.1, 0.15) is 24.8 Å². The Hall–Kier alpha value is -2.20. The molecule has 1 N–H and O–H groups in total. The number of benzene rings is 2. The lowest BCUT2D eigenvalue weighted by atomic mass is 9.71. The summed E-state index contributed by atoms with van der Waals surface area (Å²) in [6.07, 6.45) is 2.30. The van der Waals surface area contributed by atoms with E-state index in [9.17, 15) is 4.79 Å². The van der Waals surface area contributed by atoms with Crippen LogP contribution in [0.2, 0.25) is 5.02 Å². The number of nitrogens with one attached hydrogen (secondary N) is 1. The monoisotopic (exact) mass is 343 g/mol. The Morgan fingerprint density at radius 3 is 2.46 bits per heavy atom. The molecule has 1 heterocycles. The van der Waals surface area contributed by atoms with Crippen LogP contribution in [0.25, 0.3) is 0 Å². The van der Waals surface area contributed by atoms with E-state index < -0.39 is 6.10 Å². The van der Waals surface area contributed by atoms with Crippen LogP contribution in [0.3, 0.4) is 0 Å². The second-order valence-corrected chi connectivity index (χ2v) is 6.73. The van der Waals surface area contributed by atoms with Crippen LogP contribution < -0.4 is 14.8 Å². The number of carbonyl (C=O) groups excluding carboxylic acids is 1. The summed E-state index contributed by atoms with van der Waals surface area (Å²) in [4.78, 5) is 12.7. The number of amides is 1. The zero-order valence-corrected chi connectivity index (χ0v) is 13.9. The summed E-state index contributed by atoms with van der Waals surface area (Å²) in [6.45, 7) is 0.222. The van der Waals surface area contributed by atoms with E-state index in [0.29, 0.717) is 16.5 Å². The second kappa shape index (κ2) is 6.02. The smallest absolute Gasteiger partial charge is 0.265 e. The number of hydrogen-bond acceptors (Lipinski definition) is 3. The highest BCUT2D eigenvalue weighted by atomic mass is 35.5. The quantitative estimate of drug-likeness (QED) is 0.924. The minimum Gasteiger partial charge on any atom is -0.485 e. The maximum atomic E-state index is 12.7. The van der Waals surface area contributed by atoms with Crippen LogP contribution >= 0.6 is 11.6 Å². The van der Waals surface area contributed by atoms with E-state index in [1.165, 1.54) is 0 Å². The molecule has 4 rings (SSSR count). The molecule has 0 saturated heterocycles. The predicted octanol–water partition coefficient (Wildman–Crippen LogP) is 3.68. The third-order valence-corrected chi connectivity index (χ3v) is 5.02. The highest BCUT2D eigenvalue weighted by Crippen LogP contribution is 2.42. The van der Waals surface area contributed by atoms with E-state index in [2.05, 4.69) is 5.32 Å². The molecule has 1 saturated carbocycles. The van der Waals surface area contributed by atoms with E-state index in [1.54, 1.807) is 0 Å². The third-order valence-electron chi connectivity index (χ3n) is 4.77. The van der Waals surface area contributed by atoms with Gasteiger partial charge in [0.2, 0.25) is 6.10 Å². The lowest BCUT2D eigenvalue weighted by Gasteiger charge is -2.44. The van der Waals surface area contributed by atoms with Crippen molar-refractivity contribution in [1.82, 2.24) is 5.32 Å². The van der Waals surface area contributed by atoms with Crippen molar-refractivity contribution in [3.8, 4) is 11.5 Å². The molecule has 0 bridgehead atoms. The predicted molar refractivity (Wildman–Crippen MR) is 91.5 cm³/mol. The first-order valence-electron chi connectivity index (χ1n) is 8.13. The summed E-state index contributed by atoms with van der Waals surface area (Å²) in [6, 6.07) is 15.1. The molecule has 2 aromatic carbocycles. The lowest BCUT2D eigenvalue weighted by Crippen LogP contribution is -2.56. The maximum absolute atomic E-state index is 12.7. The summed E-state index contributed by atoms with van der Waals surface area (Å²) in [5.74, 6) is 1.15. The number of carbonyl (C=O) groups is 1. The first kappa shape index (κ1) is 15.3. The fourth-order valence-electron chi connectivity index (χ4n) is 3.25. The van der Waals surface area contributed by atoms with Crippen molar-refractivity contribution in [3.05, 3.63) is 59.1 Å². The van der Waals surface area contributed by atoms with Crippen molar-refractivity contribution in [3.63, 3.8) is 0 Å². The SMILES string of the molecule is O=C(NC1(c2ccc(Cl)cc2)CCC1)C1COc2ccccc2O1. The van der Waals surface area contributed by atoms with Crippen molar-refractivity contribution in [2.24, 2.45) is 0 Å². The molecular weight excluding hydrogens is 326 g/mol. The van der Waals surface area contributed by atoms with Gasteiger partial charge >= 0.3 is 0 Å². The van der Waals surface area contributed by atoms with Gasteiger partial charge in [-0.25, -0.2) is 0 Å². The van der Waals surface area contributed by atoms with Crippen molar-refractivity contribution >= 4 is 17.5 Å². The summed E-state index contributed by atoms with van der Waals surface area (Å²) in [7, 11) is 0. The number of halogens is 1. The molecular formula is C19H18ClNO3. The van der Waals surface area contributed by atoms with Crippen molar-refractivity contribution in [1.29, 1.82) is 0 Å². The standard InChI is InChI=1S/C19H18ClNO3/c20-14-8-6-13(7-9-14)19(10-3-11-19)21-18(22)17-12-23-15-4-1-2-5-16(15)24-17/h1-2,4-9,17H,3,10-12H2,(H,21,22). The summed E-state index contributed by atoms with van der Waals surface area (Å²) >= 11 is 5.97. The number of fused-ring (bicyclic) bond motifs is 1. The van der Waals surface area contributed by atoms with Crippen LogP contribution in [0.5, 0.6) is 11.5 Å². The van der Waals surface area contributed by atoms with Crippen LogP contribution in [0.4, 0.5) is 0 Å². The van der Waals surface area contributed by atoms with Gasteiger partial charge in [0.05, 0.1) is 5.54 Å². The van der Waals surface area contributed by atoms with Gasteiger partial charge in [0.25, 0.3) is 5.91 Å². The summed E-state index contributed by atoms with van der Waals surface area (Å²) in [5.41, 5.74) is 0.769. The number of rotatable bonds is 3. The van der Waals surface area contributed by atoms with Gasteiger partial charge in [-0.3, -0.25) is 4.79 Å². The van der Waals surface area contributed by atoms with Crippen LogP contribution in [0.15, 0.2) is 48.5 Å². The Morgan fingerprint density at radius 2 is 1.79 bits per heavy atom. The summed E-state index contributed by atoms with van der Waals surface area (Å²) < 4.78 is 11.4. The van der Waals surface area contributed by atoms with Gasteiger partial charge in [0, 0.05) is 5.02 Å². The van der Waals surface area contributed by atoms with Crippen LogP contribution in [-0.4, -0.2) is 18.6 Å². The van der Waals surface area contributed by atoms with E-state index in [0.717, 1.165) is 24.8 Å². The fourth-order valence-corrected chi connectivity index (χ4v) is 3.38. The van der Waals surface area contributed by atoms with Crippen molar-refractivity contribution in [2.45, 2.75) is 30.9 Å². The van der Waals surface area contributed by atoms with Crippen LogP contribution in [0, 0.1) is 0 Å². The van der Waals surface area contributed by atoms with Crippen molar-refractivity contribution in [2.75, 3.05) is 6.61 Å². The Bertz CT molecular complexity index is 755. The van der Waals surface area contributed by atoms with Gasteiger partial charge < -0.3 is 14.8 Å². The van der Waals surface area contributed by atoms with E-state index in [1.807, 2.05) is 48.5 Å². The zero-order valence-electron chi connectivity index (χ0n) is 13.1. The highest BCUT2D eigenvalue weighted by Gasteiger charge is 2.42. The molecule has 1 aliphatic heterocycles. The van der Waals surface area contributed by atoms with E-state index in [4.69, 9.17) is 21.1 Å². The van der Waals surface area contributed by atoms with E-state index in [-0.39, 0.29) is 18.1 Å². The molecule has 2 aromatic rings. The topological polar surface area (TPSA) is 47.6 Å². The van der Waals surface area contributed by atoms with Gasteiger partial charge in [0.1, 0.15) is 6.61 Å². The molecule has 1 fully saturated rings. The summed E-state index contributed by atoms with van der Waals surface area (Å²) in [5, 5.41) is 3.87. The molecule has 1 amide bonds. The van der Waals surface area contributed by atoms with Gasteiger partial charge in [0.15, 0.2) is 11.5 Å². The van der Waals surface area contributed by atoms with E-state index >= 15 is 0 Å². The molecule has 1 atom stereocenters. The molecule has 2 aliphatic rings. The molecule has 4 nitrogen and oxygen atoms in total. The Kier molecular flexibility index (Phi) is 3.85. The first-order valence-corrected chi connectivity index (χ1v) is 8.51. The molecule has 0 radical (unpaired) electrons. The fraction of sp³-hybridized carbons (Fsp3) is 0.316. The van der Waals surface area contributed by atoms with Gasteiger partial charge in [-0.2, -0.15) is 0 Å². The van der Waals surface area contributed by atoms with Crippen LogP contribution in [-0.2, 0) is 10.3 Å². The average molecular weight is 344 g/mol. The number of ether oxygens (including phenoxy) is 2. The number of hydrogen-bond donors (Lipinski definition) is 1.